The van der Waals surface area contributed by atoms with Gasteiger partial charge in [0.1, 0.15) is 17.4 Å². The van der Waals surface area contributed by atoms with Crippen molar-refractivity contribution in [2.24, 2.45) is 12.8 Å². The first-order chi connectivity index (χ1) is 13.4. The van der Waals surface area contributed by atoms with Crippen LogP contribution in [-0.2, 0) is 7.05 Å². The first kappa shape index (κ1) is 19.4. The van der Waals surface area contributed by atoms with Crippen molar-refractivity contribution in [1.29, 1.82) is 5.26 Å². The van der Waals surface area contributed by atoms with Crippen molar-refractivity contribution < 1.29 is 14.2 Å². The largest absolute Gasteiger partial charge is 0.490 e. The van der Waals surface area contributed by atoms with Crippen molar-refractivity contribution in [2.75, 3.05) is 13.2 Å². The second-order valence-electron chi connectivity index (χ2n) is 6.42. The number of nitriles is 1. The van der Waals surface area contributed by atoms with Gasteiger partial charge in [0.25, 0.3) is 5.56 Å². The fraction of sp³-hybridized carbons (Fsp3) is 0.333. The molecular weight excluding hydrogens is 358 g/mol. The van der Waals surface area contributed by atoms with Crippen LogP contribution in [0.1, 0.15) is 36.6 Å². The van der Waals surface area contributed by atoms with Crippen LogP contribution in [0, 0.1) is 18.3 Å². The van der Waals surface area contributed by atoms with Gasteiger partial charge in [0.2, 0.25) is 5.88 Å². The molecule has 1 aromatic heterocycles. The zero-order chi connectivity index (χ0) is 20.4. The van der Waals surface area contributed by atoms with E-state index in [1.165, 1.54) is 4.57 Å². The number of ether oxygens (including phenoxy) is 3. The van der Waals surface area contributed by atoms with Gasteiger partial charge in [-0.1, -0.05) is 6.07 Å². The molecule has 0 saturated heterocycles. The summed E-state index contributed by atoms with van der Waals surface area (Å²) in [7, 11) is 1.69. The molecule has 7 nitrogen and oxygen atoms in total. The van der Waals surface area contributed by atoms with E-state index in [-0.39, 0.29) is 17.0 Å². The van der Waals surface area contributed by atoms with Gasteiger partial charge in [-0.25, -0.2) is 0 Å². The summed E-state index contributed by atoms with van der Waals surface area (Å²) in [6, 6.07) is 9.24. The van der Waals surface area contributed by atoms with Crippen LogP contribution in [0.5, 0.6) is 17.2 Å². The minimum atomic E-state index is -0.650. The van der Waals surface area contributed by atoms with Crippen LogP contribution in [0.2, 0.25) is 0 Å². The van der Waals surface area contributed by atoms with Crippen LogP contribution in [0.15, 0.2) is 40.5 Å². The monoisotopic (exact) mass is 381 g/mol. The highest BCUT2D eigenvalue weighted by molar-refractivity contribution is 5.57. The van der Waals surface area contributed by atoms with Crippen LogP contribution in [0.4, 0.5) is 0 Å². The molecule has 1 aromatic carbocycles. The van der Waals surface area contributed by atoms with Gasteiger partial charge in [-0.15, -0.1) is 0 Å². The Morgan fingerprint density at radius 1 is 1.21 bits per heavy atom. The predicted molar refractivity (Wildman–Crippen MR) is 104 cm³/mol. The van der Waals surface area contributed by atoms with Crippen LogP contribution in [0.3, 0.4) is 0 Å². The lowest BCUT2D eigenvalue weighted by Gasteiger charge is -2.27. The Morgan fingerprint density at radius 3 is 2.54 bits per heavy atom. The number of nitrogens with zero attached hydrogens (tertiary/aromatic N) is 2. The maximum atomic E-state index is 13.0. The zero-order valence-electron chi connectivity index (χ0n) is 16.4. The SMILES string of the molecule is CCOc1ccc([C@@H]2C(C#N)=C(N)Oc3cc(C)n(C)c(=O)c32)cc1OCC. The number of aromatic nitrogens is 1. The number of pyridine rings is 1. The molecule has 0 bridgehead atoms. The molecule has 0 unspecified atom stereocenters. The van der Waals surface area contributed by atoms with E-state index in [2.05, 4.69) is 6.07 Å². The van der Waals surface area contributed by atoms with Crippen molar-refractivity contribution in [2.45, 2.75) is 26.7 Å². The Balaban J connectivity index is 2.26. The number of hydrogen-bond donors (Lipinski definition) is 1. The van der Waals surface area contributed by atoms with Gasteiger partial charge in [0.15, 0.2) is 11.5 Å². The molecule has 0 aliphatic carbocycles. The Hall–Kier alpha value is -3.40. The van der Waals surface area contributed by atoms with Crippen molar-refractivity contribution >= 4 is 0 Å². The molecule has 0 spiro atoms. The molecule has 2 heterocycles. The number of benzene rings is 1. The number of hydrogen-bond acceptors (Lipinski definition) is 6. The summed E-state index contributed by atoms with van der Waals surface area (Å²) in [5.41, 5.74) is 7.80. The third-order valence-electron chi connectivity index (χ3n) is 4.75. The predicted octanol–water partition coefficient (Wildman–Crippen LogP) is 2.71. The van der Waals surface area contributed by atoms with Gasteiger partial charge in [0.05, 0.1) is 24.7 Å². The van der Waals surface area contributed by atoms with E-state index in [0.29, 0.717) is 41.6 Å². The Labute approximate surface area is 163 Å². The van der Waals surface area contributed by atoms with Crippen molar-refractivity contribution in [3.63, 3.8) is 0 Å². The molecular formula is C21H23N3O4. The lowest BCUT2D eigenvalue weighted by atomic mass is 9.84. The van der Waals surface area contributed by atoms with E-state index in [0.717, 1.165) is 5.69 Å². The Kier molecular flexibility index (Phi) is 5.32. The normalized spacial score (nSPS) is 15.5. The Bertz CT molecular complexity index is 1050. The smallest absolute Gasteiger partial charge is 0.258 e. The maximum Gasteiger partial charge on any atom is 0.258 e. The second kappa shape index (κ2) is 7.69. The molecule has 146 valence electrons. The summed E-state index contributed by atoms with van der Waals surface area (Å²) in [6.45, 7) is 6.53. The highest BCUT2D eigenvalue weighted by Crippen LogP contribution is 2.42. The average Bonchev–Trinajstić information content (AvgIpc) is 2.67. The molecule has 2 aromatic rings. The highest BCUT2D eigenvalue weighted by Gasteiger charge is 2.34. The van der Waals surface area contributed by atoms with Gasteiger partial charge in [-0.2, -0.15) is 5.26 Å². The number of allylic oxidation sites excluding steroid dienone is 1. The summed E-state index contributed by atoms with van der Waals surface area (Å²) in [4.78, 5) is 13.0. The minimum Gasteiger partial charge on any atom is -0.490 e. The molecule has 0 amide bonds. The molecule has 0 radical (unpaired) electrons. The molecule has 28 heavy (non-hydrogen) atoms. The Morgan fingerprint density at radius 2 is 1.89 bits per heavy atom. The molecule has 1 aliphatic heterocycles. The molecule has 1 atom stereocenters. The van der Waals surface area contributed by atoms with Crippen molar-refractivity contribution in [3.05, 3.63) is 62.9 Å². The van der Waals surface area contributed by atoms with E-state index < -0.39 is 5.92 Å². The third kappa shape index (κ3) is 3.18. The van der Waals surface area contributed by atoms with Gasteiger partial charge in [-0.3, -0.25) is 4.79 Å². The quantitative estimate of drug-likeness (QED) is 0.855. The summed E-state index contributed by atoms with van der Waals surface area (Å²) in [6.07, 6.45) is 0. The summed E-state index contributed by atoms with van der Waals surface area (Å²) in [5.74, 6) is 0.874. The lowest BCUT2D eigenvalue weighted by Crippen LogP contribution is -2.31. The van der Waals surface area contributed by atoms with E-state index in [1.54, 1.807) is 25.2 Å². The number of aryl methyl sites for hydroxylation is 1. The number of rotatable bonds is 5. The maximum absolute atomic E-state index is 13.0. The van der Waals surface area contributed by atoms with Crippen LogP contribution in [0.25, 0.3) is 0 Å². The molecule has 0 saturated carbocycles. The van der Waals surface area contributed by atoms with Crippen LogP contribution < -0.4 is 25.5 Å². The standard InChI is InChI=1S/C21H23N3O4/c1-5-26-15-8-7-13(10-16(15)27-6-2)18-14(11-22)20(23)28-17-9-12(3)24(4)21(25)19(17)18/h7-10,18H,5-6,23H2,1-4H3/t18-/m1/s1. The molecule has 0 fully saturated rings. The van der Waals surface area contributed by atoms with Gasteiger partial charge >= 0.3 is 0 Å². The summed E-state index contributed by atoms with van der Waals surface area (Å²) < 4.78 is 18.5. The highest BCUT2D eigenvalue weighted by atomic mass is 16.5. The number of fused-ring (bicyclic) bond motifs is 1. The summed E-state index contributed by atoms with van der Waals surface area (Å²) in [5, 5.41) is 9.71. The van der Waals surface area contributed by atoms with Crippen LogP contribution >= 0.6 is 0 Å². The van der Waals surface area contributed by atoms with E-state index in [9.17, 15) is 10.1 Å². The van der Waals surface area contributed by atoms with E-state index >= 15 is 0 Å². The topological polar surface area (TPSA) is 99.5 Å². The van der Waals surface area contributed by atoms with Crippen molar-refractivity contribution in [3.8, 4) is 23.3 Å². The summed E-state index contributed by atoms with van der Waals surface area (Å²) >= 11 is 0. The lowest BCUT2D eigenvalue weighted by molar-refractivity contribution is 0.287. The molecule has 3 rings (SSSR count). The average molecular weight is 381 g/mol. The molecule has 1 aliphatic rings. The van der Waals surface area contributed by atoms with Gasteiger partial charge in [-0.05, 0) is 38.5 Å². The van der Waals surface area contributed by atoms with Crippen LogP contribution in [-0.4, -0.2) is 17.8 Å². The third-order valence-corrected chi connectivity index (χ3v) is 4.75. The molecule has 7 heteroatoms. The van der Waals surface area contributed by atoms with Gasteiger partial charge in [0, 0.05) is 18.8 Å². The zero-order valence-corrected chi connectivity index (χ0v) is 16.4. The number of nitrogens with two attached hydrogens (primary N) is 1. The fourth-order valence-corrected chi connectivity index (χ4v) is 3.32. The second-order valence-corrected chi connectivity index (χ2v) is 6.42. The minimum absolute atomic E-state index is 0.000465. The molecule has 2 N–H and O–H groups in total. The first-order valence-electron chi connectivity index (χ1n) is 9.10. The first-order valence-corrected chi connectivity index (χ1v) is 9.10. The fourth-order valence-electron chi connectivity index (χ4n) is 3.32. The van der Waals surface area contributed by atoms with E-state index in [1.807, 2.05) is 26.8 Å². The van der Waals surface area contributed by atoms with Crippen molar-refractivity contribution in [1.82, 2.24) is 4.57 Å². The van der Waals surface area contributed by atoms with Gasteiger partial charge < -0.3 is 24.5 Å². The van der Waals surface area contributed by atoms with E-state index in [4.69, 9.17) is 19.9 Å².